The highest BCUT2D eigenvalue weighted by molar-refractivity contribution is 7.10. The van der Waals surface area contributed by atoms with Crippen molar-refractivity contribution in [1.82, 2.24) is 0 Å². The van der Waals surface area contributed by atoms with Gasteiger partial charge in [-0.2, -0.15) is 0 Å². The van der Waals surface area contributed by atoms with Crippen LogP contribution in [0.2, 0.25) is 0 Å². The quantitative estimate of drug-likeness (QED) is 0.692. The molecule has 0 aromatic carbocycles. The zero-order valence-electron chi connectivity index (χ0n) is 5.63. The molecule has 1 nitrogen and oxygen atoms in total. The molecule has 1 aromatic rings. The minimum absolute atomic E-state index is 0.697. The van der Waals surface area contributed by atoms with Crippen molar-refractivity contribution in [2.45, 2.75) is 17.9 Å². The average Bonchev–Trinajstić information content (AvgIpc) is 2.40. The first kappa shape index (κ1) is 7.18. The first-order chi connectivity index (χ1) is 5.14. The molecular weight excluding hydrogens is 168 g/mol. The van der Waals surface area contributed by atoms with Gasteiger partial charge < -0.3 is 5.73 Å². The van der Waals surface area contributed by atoms with Crippen LogP contribution in [-0.2, 0) is 0 Å². The molecule has 0 amide bonds. The van der Waals surface area contributed by atoms with E-state index < -0.39 is 17.9 Å². The van der Waals surface area contributed by atoms with Gasteiger partial charge in [-0.3, -0.25) is 0 Å². The van der Waals surface area contributed by atoms with Crippen LogP contribution in [0.5, 0.6) is 0 Å². The number of hydrogen-bond donors (Lipinski definition) is 1. The van der Waals surface area contributed by atoms with Gasteiger partial charge in [0.2, 0.25) is 0 Å². The summed E-state index contributed by atoms with van der Waals surface area (Å²) in [5, 5.41) is 1.79. The Labute approximate surface area is 66.8 Å². The highest BCUT2D eigenvalue weighted by Crippen LogP contribution is 2.55. The zero-order chi connectivity index (χ0) is 8.06. The predicted octanol–water partition coefficient (Wildman–Crippen LogP) is 1.81. The number of rotatable bonds is 1. The number of hydrogen-bond acceptors (Lipinski definition) is 2. The van der Waals surface area contributed by atoms with Gasteiger partial charge in [-0.1, -0.05) is 6.07 Å². The first-order valence-corrected chi connectivity index (χ1v) is 4.19. The maximum absolute atomic E-state index is 12.6. The fourth-order valence-electron chi connectivity index (χ4n) is 1.19. The summed E-state index contributed by atoms with van der Waals surface area (Å²) in [5.74, 6) is -3.38. The van der Waals surface area contributed by atoms with Crippen molar-refractivity contribution in [2.75, 3.05) is 0 Å². The van der Waals surface area contributed by atoms with E-state index in [1.165, 1.54) is 11.3 Å². The Hall–Kier alpha value is -0.480. The lowest BCUT2D eigenvalue weighted by Gasteiger charge is -1.89. The molecule has 60 valence electrons. The maximum atomic E-state index is 12.6. The lowest BCUT2D eigenvalue weighted by molar-refractivity contribution is 0.106. The molecule has 0 radical (unpaired) electrons. The van der Waals surface area contributed by atoms with E-state index in [0.717, 1.165) is 0 Å². The van der Waals surface area contributed by atoms with Crippen molar-refractivity contribution in [2.24, 2.45) is 5.73 Å². The van der Waals surface area contributed by atoms with Crippen molar-refractivity contribution >= 4 is 11.3 Å². The second-order valence-electron chi connectivity index (χ2n) is 2.69. The van der Waals surface area contributed by atoms with Crippen LogP contribution in [-0.4, -0.2) is 12.0 Å². The van der Waals surface area contributed by atoms with E-state index >= 15 is 0 Å². The number of alkyl halides is 2. The topological polar surface area (TPSA) is 26.0 Å². The van der Waals surface area contributed by atoms with E-state index in [-0.39, 0.29) is 0 Å². The lowest BCUT2D eigenvalue weighted by atomic mass is 10.3. The Morgan fingerprint density at radius 1 is 1.55 bits per heavy atom. The predicted molar refractivity (Wildman–Crippen MR) is 40.0 cm³/mol. The highest BCUT2D eigenvalue weighted by atomic mass is 32.1. The zero-order valence-corrected chi connectivity index (χ0v) is 6.44. The molecule has 0 bridgehead atoms. The van der Waals surface area contributed by atoms with E-state index in [2.05, 4.69) is 0 Å². The Morgan fingerprint density at radius 2 is 2.18 bits per heavy atom. The summed E-state index contributed by atoms with van der Waals surface area (Å²) in [4.78, 5) is 0.697. The summed E-state index contributed by atoms with van der Waals surface area (Å²) < 4.78 is 25.3. The van der Waals surface area contributed by atoms with Gasteiger partial charge in [0.15, 0.2) is 0 Å². The highest BCUT2D eigenvalue weighted by Gasteiger charge is 2.67. The third-order valence-corrected chi connectivity index (χ3v) is 2.91. The van der Waals surface area contributed by atoms with Gasteiger partial charge >= 0.3 is 0 Å². The van der Waals surface area contributed by atoms with E-state index in [0.29, 0.717) is 4.88 Å². The molecule has 1 aromatic heterocycles. The van der Waals surface area contributed by atoms with Crippen LogP contribution in [0.15, 0.2) is 17.5 Å². The van der Waals surface area contributed by atoms with E-state index in [9.17, 15) is 8.78 Å². The number of halogens is 2. The molecule has 4 heteroatoms. The fraction of sp³-hybridized carbons (Fsp3) is 0.429. The molecule has 1 aliphatic rings. The van der Waals surface area contributed by atoms with Gasteiger partial charge in [-0.25, -0.2) is 8.78 Å². The molecule has 0 spiro atoms. The molecule has 1 saturated carbocycles. The molecule has 0 aliphatic heterocycles. The SMILES string of the molecule is N[C@H]1[C@H](c2cccs2)C1(F)F. The largest absolute Gasteiger partial charge is 0.322 e. The Morgan fingerprint density at radius 3 is 2.55 bits per heavy atom. The number of thiophene rings is 1. The van der Waals surface area contributed by atoms with Gasteiger partial charge in [-0.15, -0.1) is 11.3 Å². The summed E-state index contributed by atoms with van der Waals surface area (Å²) in [6.45, 7) is 0. The summed E-state index contributed by atoms with van der Waals surface area (Å²) >= 11 is 1.34. The van der Waals surface area contributed by atoms with Crippen LogP contribution in [0.25, 0.3) is 0 Å². The number of nitrogens with two attached hydrogens (primary N) is 1. The van der Waals surface area contributed by atoms with Crippen LogP contribution in [0.1, 0.15) is 10.8 Å². The minimum Gasteiger partial charge on any atom is -0.322 e. The Balaban J connectivity index is 2.23. The second-order valence-corrected chi connectivity index (χ2v) is 3.67. The summed E-state index contributed by atoms with van der Waals surface area (Å²) in [5.41, 5.74) is 5.19. The van der Waals surface area contributed by atoms with Gasteiger partial charge in [0.25, 0.3) is 5.92 Å². The van der Waals surface area contributed by atoms with Crippen molar-refractivity contribution < 1.29 is 8.78 Å². The van der Waals surface area contributed by atoms with E-state index in [4.69, 9.17) is 5.73 Å². The minimum atomic E-state index is -2.66. The van der Waals surface area contributed by atoms with Crippen LogP contribution in [0.4, 0.5) is 8.78 Å². The third-order valence-electron chi connectivity index (χ3n) is 1.96. The van der Waals surface area contributed by atoms with Crippen molar-refractivity contribution in [3.8, 4) is 0 Å². The molecule has 11 heavy (non-hydrogen) atoms. The van der Waals surface area contributed by atoms with Crippen LogP contribution in [0.3, 0.4) is 0 Å². The average molecular weight is 175 g/mol. The van der Waals surface area contributed by atoms with E-state index in [1.54, 1.807) is 17.5 Å². The van der Waals surface area contributed by atoms with Crippen molar-refractivity contribution in [1.29, 1.82) is 0 Å². The molecule has 0 unspecified atom stereocenters. The summed E-state index contributed by atoms with van der Waals surface area (Å²) in [6.07, 6.45) is 0. The Kier molecular flexibility index (Phi) is 1.32. The van der Waals surface area contributed by atoms with E-state index in [1.807, 2.05) is 0 Å². The molecule has 1 fully saturated rings. The molecule has 2 N–H and O–H groups in total. The normalized spacial score (nSPS) is 33.7. The standard InChI is InChI=1S/C7H7F2NS/c8-7(9)5(6(7)10)4-2-1-3-11-4/h1-3,5-6H,10H2/t5-,6-/m0/s1. The smallest absolute Gasteiger partial charge is 0.272 e. The summed E-state index contributed by atoms with van der Waals surface area (Å²) in [7, 11) is 0. The monoisotopic (exact) mass is 175 g/mol. The molecular formula is C7H7F2NS. The van der Waals surface area contributed by atoms with Crippen molar-refractivity contribution in [3.05, 3.63) is 22.4 Å². The first-order valence-electron chi connectivity index (χ1n) is 3.31. The third kappa shape index (κ3) is 0.895. The maximum Gasteiger partial charge on any atom is 0.272 e. The molecule has 0 saturated heterocycles. The van der Waals surface area contributed by atoms with Gasteiger partial charge in [0.05, 0.1) is 12.0 Å². The fourth-order valence-corrected chi connectivity index (χ4v) is 2.11. The van der Waals surface area contributed by atoms with Gasteiger partial charge in [0.1, 0.15) is 0 Å². The van der Waals surface area contributed by atoms with Gasteiger partial charge in [0, 0.05) is 4.88 Å². The Bertz CT molecular complexity index is 257. The second kappa shape index (κ2) is 2.01. The lowest BCUT2D eigenvalue weighted by Crippen LogP contribution is -2.08. The van der Waals surface area contributed by atoms with Crippen LogP contribution < -0.4 is 5.73 Å². The molecule has 2 atom stereocenters. The van der Waals surface area contributed by atoms with Crippen LogP contribution in [0, 0.1) is 0 Å². The van der Waals surface area contributed by atoms with Crippen LogP contribution >= 0.6 is 11.3 Å². The van der Waals surface area contributed by atoms with Crippen molar-refractivity contribution in [3.63, 3.8) is 0 Å². The van der Waals surface area contributed by atoms with Gasteiger partial charge in [-0.05, 0) is 11.4 Å². The molecule has 2 rings (SSSR count). The summed E-state index contributed by atoms with van der Waals surface area (Å²) in [6, 6.07) is 2.51. The molecule has 1 heterocycles. The molecule has 1 aliphatic carbocycles.